The van der Waals surface area contributed by atoms with Crippen molar-refractivity contribution in [2.75, 3.05) is 11.8 Å². The number of anilines is 1. The molecule has 0 aliphatic heterocycles. The lowest BCUT2D eigenvalue weighted by Crippen LogP contribution is -2.24. The quantitative estimate of drug-likeness (QED) is 0.922. The lowest BCUT2D eigenvalue weighted by atomic mass is 10.3. The first-order valence-electron chi connectivity index (χ1n) is 4.65. The lowest BCUT2D eigenvalue weighted by Gasteiger charge is -2.11. The summed E-state index contributed by atoms with van der Waals surface area (Å²) in [5.41, 5.74) is 0.339. The van der Waals surface area contributed by atoms with Gasteiger partial charge in [-0.1, -0.05) is 0 Å². The van der Waals surface area contributed by atoms with Crippen molar-refractivity contribution >= 4 is 31.6 Å². The first kappa shape index (κ1) is 13.8. The van der Waals surface area contributed by atoms with Gasteiger partial charge in [-0.2, -0.15) is 5.26 Å². The molecule has 1 rings (SSSR count). The van der Waals surface area contributed by atoms with Crippen molar-refractivity contribution in [3.8, 4) is 11.8 Å². The van der Waals surface area contributed by atoms with Crippen molar-refractivity contribution in [1.29, 1.82) is 5.26 Å². The Hall–Kier alpha value is -1.26. The summed E-state index contributed by atoms with van der Waals surface area (Å²) in [5, 5.41) is 7.49. The Morgan fingerprint density at radius 3 is 2.71 bits per heavy atom. The number of benzene rings is 1. The van der Waals surface area contributed by atoms with Crippen LogP contribution < -0.4 is 9.46 Å². The third-order valence-electron chi connectivity index (χ3n) is 2.07. The normalized spacial score (nSPS) is 12.6. The highest BCUT2D eigenvalue weighted by atomic mass is 79.9. The zero-order chi connectivity index (χ0) is 13.1. The molecule has 0 saturated heterocycles. The Balaban J connectivity index is 3.08. The Kier molecular flexibility index (Phi) is 4.37. The number of hydrogen-bond acceptors (Lipinski definition) is 4. The van der Waals surface area contributed by atoms with E-state index in [1.54, 1.807) is 18.2 Å². The number of nitrogens with zero attached hydrogens (tertiary/aromatic N) is 1. The summed E-state index contributed by atoms with van der Waals surface area (Å²) in [6, 6.07) is 6.56. The topological polar surface area (TPSA) is 79.2 Å². The highest BCUT2D eigenvalue weighted by Crippen LogP contribution is 2.28. The molecule has 5 nitrogen and oxygen atoms in total. The van der Waals surface area contributed by atoms with Gasteiger partial charge in [0.15, 0.2) is 5.25 Å². The predicted octanol–water partition coefficient (Wildman–Crippen LogP) is 2.11. The number of halogens is 1. The van der Waals surface area contributed by atoms with Crippen LogP contribution in [0, 0.1) is 11.3 Å². The zero-order valence-corrected chi connectivity index (χ0v) is 11.7. The second-order valence-corrected chi connectivity index (χ2v) is 6.12. The van der Waals surface area contributed by atoms with E-state index in [0.29, 0.717) is 15.9 Å². The van der Waals surface area contributed by atoms with Crippen molar-refractivity contribution in [1.82, 2.24) is 0 Å². The monoisotopic (exact) mass is 318 g/mol. The molecule has 0 radical (unpaired) electrons. The summed E-state index contributed by atoms with van der Waals surface area (Å²) < 4.78 is 31.3. The van der Waals surface area contributed by atoms with Crippen molar-refractivity contribution in [2.24, 2.45) is 0 Å². The molecule has 1 aromatic carbocycles. The van der Waals surface area contributed by atoms with Gasteiger partial charge in [0.25, 0.3) is 0 Å². The van der Waals surface area contributed by atoms with E-state index in [0.717, 1.165) is 0 Å². The van der Waals surface area contributed by atoms with Crippen LogP contribution in [-0.4, -0.2) is 20.8 Å². The van der Waals surface area contributed by atoms with E-state index < -0.39 is 15.3 Å². The molecule has 92 valence electrons. The molecule has 1 unspecified atom stereocenters. The van der Waals surface area contributed by atoms with Crippen molar-refractivity contribution in [3.63, 3.8) is 0 Å². The molecule has 1 aromatic rings. The Labute approximate surface area is 109 Å². The highest BCUT2D eigenvalue weighted by Gasteiger charge is 2.21. The van der Waals surface area contributed by atoms with E-state index in [-0.39, 0.29) is 0 Å². The number of rotatable bonds is 4. The van der Waals surface area contributed by atoms with E-state index in [2.05, 4.69) is 20.7 Å². The number of ether oxygens (including phenoxy) is 1. The molecule has 0 aromatic heterocycles. The summed E-state index contributed by atoms with van der Waals surface area (Å²) in [6.45, 7) is 1.32. The largest absolute Gasteiger partial charge is 0.497 e. The molecule has 7 heteroatoms. The van der Waals surface area contributed by atoms with Crippen LogP contribution in [0.15, 0.2) is 22.7 Å². The van der Waals surface area contributed by atoms with Gasteiger partial charge in [0.1, 0.15) is 5.75 Å². The van der Waals surface area contributed by atoms with Gasteiger partial charge in [-0.15, -0.1) is 0 Å². The highest BCUT2D eigenvalue weighted by molar-refractivity contribution is 9.10. The van der Waals surface area contributed by atoms with Gasteiger partial charge in [-0.05, 0) is 35.0 Å². The molecule has 0 aliphatic rings. The minimum Gasteiger partial charge on any atom is -0.497 e. The maximum atomic E-state index is 11.7. The molecule has 0 saturated carbocycles. The van der Waals surface area contributed by atoms with Crippen LogP contribution in [0.5, 0.6) is 5.75 Å². The Morgan fingerprint density at radius 2 is 2.18 bits per heavy atom. The zero-order valence-electron chi connectivity index (χ0n) is 9.27. The van der Waals surface area contributed by atoms with Crippen LogP contribution in [0.1, 0.15) is 6.92 Å². The number of sulfonamides is 1. The van der Waals surface area contributed by atoms with Crippen LogP contribution in [-0.2, 0) is 10.0 Å². The molecule has 0 fully saturated rings. The maximum Gasteiger partial charge on any atom is 0.248 e. The fourth-order valence-electron chi connectivity index (χ4n) is 1.02. The second-order valence-electron chi connectivity index (χ2n) is 3.26. The summed E-state index contributed by atoms with van der Waals surface area (Å²) in [5.74, 6) is 0.524. The second kappa shape index (κ2) is 5.38. The van der Waals surface area contributed by atoms with Crippen molar-refractivity contribution in [2.45, 2.75) is 12.2 Å². The number of nitrogens with one attached hydrogen (secondary N) is 1. The summed E-state index contributed by atoms with van der Waals surface area (Å²) in [4.78, 5) is 0. The molecule has 0 aliphatic carbocycles. The molecular formula is C10H11BrN2O3S. The Morgan fingerprint density at radius 1 is 1.53 bits per heavy atom. The molecule has 1 atom stereocenters. The number of nitriles is 1. The Bertz CT molecular complexity index is 551. The van der Waals surface area contributed by atoms with Crippen molar-refractivity contribution < 1.29 is 13.2 Å². The number of methoxy groups -OCH3 is 1. The van der Waals surface area contributed by atoms with E-state index in [9.17, 15) is 8.42 Å². The fraction of sp³-hybridized carbons (Fsp3) is 0.300. The van der Waals surface area contributed by atoms with Gasteiger partial charge in [-0.25, -0.2) is 8.42 Å². The van der Waals surface area contributed by atoms with Crippen LogP contribution in [0.4, 0.5) is 5.69 Å². The predicted molar refractivity (Wildman–Crippen MR) is 68.3 cm³/mol. The SMILES string of the molecule is COc1ccc(Br)c(NS(=O)(=O)C(C)C#N)c1. The standard InChI is InChI=1S/C10H11BrN2O3S/c1-7(6-12)17(14,15)13-10-5-8(16-2)3-4-9(10)11/h3-5,7,13H,1-2H3. The molecule has 0 heterocycles. The van der Waals surface area contributed by atoms with Crippen LogP contribution in [0.25, 0.3) is 0 Å². The fourth-order valence-corrected chi connectivity index (χ4v) is 2.29. The van der Waals surface area contributed by atoms with Crippen molar-refractivity contribution in [3.05, 3.63) is 22.7 Å². The van der Waals surface area contributed by atoms with Crippen LogP contribution >= 0.6 is 15.9 Å². The first-order chi connectivity index (χ1) is 7.90. The van der Waals surface area contributed by atoms with Crippen LogP contribution in [0.2, 0.25) is 0 Å². The third kappa shape index (κ3) is 3.35. The van der Waals surface area contributed by atoms with E-state index in [4.69, 9.17) is 10.00 Å². The lowest BCUT2D eigenvalue weighted by molar-refractivity contribution is 0.415. The molecule has 1 N–H and O–H groups in total. The van der Waals surface area contributed by atoms with Gasteiger partial charge in [0, 0.05) is 10.5 Å². The minimum atomic E-state index is -3.71. The molecule has 17 heavy (non-hydrogen) atoms. The van der Waals surface area contributed by atoms with Gasteiger partial charge in [0.05, 0.1) is 18.9 Å². The molecule has 0 spiro atoms. The van der Waals surface area contributed by atoms with E-state index in [1.807, 2.05) is 0 Å². The molecule has 0 amide bonds. The molecule has 0 bridgehead atoms. The average molecular weight is 319 g/mol. The first-order valence-corrected chi connectivity index (χ1v) is 6.99. The molecular weight excluding hydrogens is 308 g/mol. The van der Waals surface area contributed by atoms with Crippen LogP contribution in [0.3, 0.4) is 0 Å². The number of hydrogen-bond donors (Lipinski definition) is 1. The average Bonchev–Trinajstić information content (AvgIpc) is 2.30. The van der Waals surface area contributed by atoms with Gasteiger partial charge >= 0.3 is 0 Å². The maximum absolute atomic E-state index is 11.7. The van der Waals surface area contributed by atoms with Gasteiger partial charge in [0.2, 0.25) is 10.0 Å². The summed E-state index contributed by atoms with van der Waals surface area (Å²) in [6.07, 6.45) is 0. The summed E-state index contributed by atoms with van der Waals surface area (Å²) in [7, 11) is -2.22. The minimum absolute atomic E-state index is 0.339. The van der Waals surface area contributed by atoms with E-state index in [1.165, 1.54) is 20.1 Å². The van der Waals surface area contributed by atoms with Gasteiger partial charge < -0.3 is 4.74 Å². The third-order valence-corrected chi connectivity index (χ3v) is 4.31. The smallest absolute Gasteiger partial charge is 0.248 e. The van der Waals surface area contributed by atoms with E-state index >= 15 is 0 Å². The summed E-state index contributed by atoms with van der Waals surface area (Å²) >= 11 is 3.22. The van der Waals surface area contributed by atoms with Gasteiger partial charge in [-0.3, -0.25) is 4.72 Å².